The summed E-state index contributed by atoms with van der Waals surface area (Å²) in [5, 5.41) is 2.62. The second kappa shape index (κ2) is 8.22. The average Bonchev–Trinajstić information content (AvgIpc) is 2.77. The highest BCUT2D eigenvalue weighted by atomic mass is 19.1. The standard InChI is InChI=1S/C21H19F2N5O/c22-16-4-3-5-17(23)20(16)26-18-14-15(7-9-24-18)21(29)28-12-10-27(11-13-28)19-6-1-2-8-25-19/h1-9,14H,10-13H2,(H,24,26). The SMILES string of the molecule is O=C(c1ccnc(Nc2c(F)cccc2F)c1)N1CCN(c2ccccn2)CC1. The largest absolute Gasteiger partial charge is 0.353 e. The number of piperazine rings is 1. The average molecular weight is 395 g/mol. The van der Waals surface area contributed by atoms with Crippen molar-refractivity contribution < 1.29 is 13.6 Å². The zero-order valence-corrected chi connectivity index (χ0v) is 15.6. The maximum absolute atomic E-state index is 13.8. The van der Waals surface area contributed by atoms with Crippen molar-refractivity contribution in [3.8, 4) is 0 Å². The van der Waals surface area contributed by atoms with Gasteiger partial charge in [-0.15, -0.1) is 0 Å². The highest BCUT2D eigenvalue weighted by molar-refractivity contribution is 5.95. The van der Waals surface area contributed by atoms with Crippen molar-refractivity contribution in [1.29, 1.82) is 0 Å². The maximum Gasteiger partial charge on any atom is 0.254 e. The first-order chi connectivity index (χ1) is 14.1. The van der Waals surface area contributed by atoms with Crippen LogP contribution in [0.15, 0.2) is 60.9 Å². The van der Waals surface area contributed by atoms with Crippen molar-refractivity contribution in [1.82, 2.24) is 14.9 Å². The summed E-state index contributed by atoms with van der Waals surface area (Å²) in [5.74, 6) is -0.512. The number of benzene rings is 1. The van der Waals surface area contributed by atoms with Gasteiger partial charge < -0.3 is 15.1 Å². The van der Waals surface area contributed by atoms with E-state index in [-0.39, 0.29) is 17.4 Å². The molecule has 0 bridgehead atoms. The van der Waals surface area contributed by atoms with E-state index in [1.165, 1.54) is 18.3 Å². The second-order valence-electron chi connectivity index (χ2n) is 6.62. The molecule has 1 fully saturated rings. The molecular formula is C21H19F2N5O. The Kier molecular flexibility index (Phi) is 5.33. The quantitative estimate of drug-likeness (QED) is 0.733. The van der Waals surface area contributed by atoms with Gasteiger partial charge in [-0.3, -0.25) is 4.79 Å². The molecule has 0 aliphatic carbocycles. The Hall–Kier alpha value is -3.55. The van der Waals surface area contributed by atoms with Crippen LogP contribution in [0.1, 0.15) is 10.4 Å². The van der Waals surface area contributed by atoms with E-state index in [1.54, 1.807) is 17.2 Å². The molecule has 0 atom stereocenters. The van der Waals surface area contributed by atoms with Crippen LogP contribution in [-0.2, 0) is 0 Å². The number of aromatic nitrogens is 2. The fraction of sp³-hybridized carbons (Fsp3) is 0.190. The summed E-state index contributed by atoms with van der Waals surface area (Å²) in [7, 11) is 0. The molecule has 148 valence electrons. The van der Waals surface area contributed by atoms with Crippen LogP contribution in [0.3, 0.4) is 0 Å². The number of carbonyl (C=O) groups excluding carboxylic acids is 1. The molecule has 0 radical (unpaired) electrons. The molecule has 8 heteroatoms. The van der Waals surface area contributed by atoms with E-state index >= 15 is 0 Å². The molecule has 2 aromatic heterocycles. The fourth-order valence-electron chi connectivity index (χ4n) is 3.24. The molecule has 0 unspecified atom stereocenters. The normalized spacial score (nSPS) is 14.0. The van der Waals surface area contributed by atoms with Crippen LogP contribution in [0, 0.1) is 11.6 Å². The van der Waals surface area contributed by atoms with Crippen LogP contribution in [0.5, 0.6) is 0 Å². The predicted octanol–water partition coefficient (Wildman–Crippen LogP) is 3.46. The van der Waals surface area contributed by atoms with Gasteiger partial charge in [0, 0.05) is 44.1 Å². The number of hydrogen-bond acceptors (Lipinski definition) is 5. The van der Waals surface area contributed by atoms with Crippen molar-refractivity contribution >= 4 is 23.2 Å². The number of pyridine rings is 2. The van der Waals surface area contributed by atoms with Gasteiger partial charge in [-0.1, -0.05) is 12.1 Å². The van der Waals surface area contributed by atoms with E-state index < -0.39 is 11.6 Å². The molecule has 0 saturated carbocycles. The van der Waals surface area contributed by atoms with Crippen molar-refractivity contribution in [3.05, 3.63) is 78.1 Å². The molecule has 3 heterocycles. The number of anilines is 3. The molecule has 6 nitrogen and oxygen atoms in total. The van der Waals surface area contributed by atoms with Gasteiger partial charge >= 0.3 is 0 Å². The Labute approximate surface area is 166 Å². The van der Waals surface area contributed by atoms with Gasteiger partial charge in [0.1, 0.15) is 29.0 Å². The smallest absolute Gasteiger partial charge is 0.254 e. The Morgan fingerprint density at radius 1 is 0.897 bits per heavy atom. The molecule has 1 N–H and O–H groups in total. The number of para-hydroxylation sites is 1. The molecule has 29 heavy (non-hydrogen) atoms. The summed E-state index contributed by atoms with van der Waals surface area (Å²) in [5.41, 5.74) is 0.110. The Morgan fingerprint density at radius 2 is 1.66 bits per heavy atom. The lowest BCUT2D eigenvalue weighted by atomic mass is 10.2. The van der Waals surface area contributed by atoms with Crippen LogP contribution in [0.25, 0.3) is 0 Å². The summed E-state index contributed by atoms with van der Waals surface area (Å²) < 4.78 is 27.7. The van der Waals surface area contributed by atoms with Gasteiger partial charge in [0.15, 0.2) is 0 Å². The minimum absolute atomic E-state index is 0.148. The fourth-order valence-corrected chi connectivity index (χ4v) is 3.24. The summed E-state index contributed by atoms with van der Waals surface area (Å²) in [6, 6.07) is 12.4. The third kappa shape index (κ3) is 4.16. The molecule has 1 saturated heterocycles. The highest BCUT2D eigenvalue weighted by Crippen LogP contribution is 2.23. The summed E-state index contributed by atoms with van der Waals surface area (Å²) in [6.07, 6.45) is 3.19. The molecule has 0 spiro atoms. The van der Waals surface area contributed by atoms with Crippen molar-refractivity contribution in [2.45, 2.75) is 0 Å². The lowest BCUT2D eigenvalue weighted by Gasteiger charge is -2.35. The Morgan fingerprint density at radius 3 is 2.34 bits per heavy atom. The third-order valence-corrected chi connectivity index (χ3v) is 4.76. The first-order valence-corrected chi connectivity index (χ1v) is 9.24. The molecule has 1 aliphatic rings. The van der Waals surface area contributed by atoms with Crippen molar-refractivity contribution in [2.24, 2.45) is 0 Å². The van der Waals surface area contributed by atoms with Crippen molar-refractivity contribution in [2.75, 3.05) is 36.4 Å². The summed E-state index contributed by atoms with van der Waals surface area (Å²) >= 11 is 0. The predicted molar refractivity (Wildman–Crippen MR) is 106 cm³/mol. The summed E-state index contributed by atoms with van der Waals surface area (Å²) in [6.45, 7) is 2.48. The van der Waals surface area contributed by atoms with Gasteiger partial charge in [0.25, 0.3) is 5.91 Å². The maximum atomic E-state index is 13.8. The molecule has 4 rings (SSSR count). The number of nitrogens with one attached hydrogen (secondary N) is 1. The van der Waals surface area contributed by atoms with Gasteiger partial charge in [0.05, 0.1) is 0 Å². The molecule has 1 aromatic carbocycles. The second-order valence-corrected chi connectivity index (χ2v) is 6.62. The zero-order chi connectivity index (χ0) is 20.2. The number of hydrogen-bond donors (Lipinski definition) is 1. The molecule has 1 amide bonds. The first-order valence-electron chi connectivity index (χ1n) is 9.24. The number of rotatable bonds is 4. The van der Waals surface area contributed by atoms with E-state index in [9.17, 15) is 13.6 Å². The number of nitrogens with zero attached hydrogens (tertiary/aromatic N) is 4. The van der Waals surface area contributed by atoms with Gasteiger partial charge in [0.2, 0.25) is 0 Å². The minimum atomic E-state index is -0.728. The van der Waals surface area contributed by atoms with E-state index in [0.717, 1.165) is 18.0 Å². The zero-order valence-electron chi connectivity index (χ0n) is 15.6. The first kappa shape index (κ1) is 18.8. The van der Waals surface area contributed by atoms with E-state index in [4.69, 9.17) is 0 Å². The van der Waals surface area contributed by atoms with E-state index in [2.05, 4.69) is 20.2 Å². The Balaban J connectivity index is 1.44. The minimum Gasteiger partial charge on any atom is -0.353 e. The van der Waals surface area contributed by atoms with Crippen LogP contribution >= 0.6 is 0 Å². The molecule has 3 aromatic rings. The topological polar surface area (TPSA) is 61.4 Å². The lowest BCUT2D eigenvalue weighted by Crippen LogP contribution is -2.49. The third-order valence-electron chi connectivity index (χ3n) is 4.76. The number of halogens is 2. The van der Waals surface area contributed by atoms with Crippen molar-refractivity contribution in [3.63, 3.8) is 0 Å². The number of amides is 1. The van der Waals surface area contributed by atoms with Gasteiger partial charge in [-0.25, -0.2) is 18.7 Å². The van der Waals surface area contributed by atoms with Gasteiger partial charge in [-0.05, 0) is 36.4 Å². The lowest BCUT2D eigenvalue weighted by molar-refractivity contribution is 0.0746. The van der Waals surface area contributed by atoms with Crippen LogP contribution in [0.2, 0.25) is 0 Å². The van der Waals surface area contributed by atoms with Gasteiger partial charge in [-0.2, -0.15) is 0 Å². The highest BCUT2D eigenvalue weighted by Gasteiger charge is 2.23. The summed E-state index contributed by atoms with van der Waals surface area (Å²) in [4.78, 5) is 25.2. The number of carbonyl (C=O) groups is 1. The molecular weight excluding hydrogens is 376 g/mol. The van der Waals surface area contributed by atoms with E-state index in [0.29, 0.717) is 31.7 Å². The van der Waals surface area contributed by atoms with Crippen LogP contribution < -0.4 is 10.2 Å². The van der Waals surface area contributed by atoms with Crippen LogP contribution in [0.4, 0.5) is 26.1 Å². The monoisotopic (exact) mass is 395 g/mol. The van der Waals surface area contributed by atoms with E-state index in [1.807, 2.05) is 18.2 Å². The molecule has 1 aliphatic heterocycles. The van der Waals surface area contributed by atoms with Crippen LogP contribution in [-0.4, -0.2) is 47.0 Å². The Bertz CT molecular complexity index is 987.